The van der Waals surface area contributed by atoms with Crippen molar-refractivity contribution in [1.82, 2.24) is 4.90 Å². The maximum Gasteiger partial charge on any atom is 0.0459 e. The molecular weight excluding hydrogens is 246 g/mol. The minimum atomic E-state index is 0.637. The third-order valence-corrected chi connectivity index (χ3v) is 3.34. The summed E-state index contributed by atoms with van der Waals surface area (Å²) in [4.78, 5) is 4.44. The Morgan fingerprint density at radius 3 is 2.44 bits per heavy atom. The van der Waals surface area contributed by atoms with Crippen molar-refractivity contribution in [2.75, 3.05) is 45.7 Å². The number of nitrogens with two attached hydrogens (primary N) is 1. The average molecular weight is 270 g/mol. The molecule has 0 heterocycles. The SMILES string of the molecule is CN(C)CCCN(C)c1ccc(CCN)c(Cl)c1. The summed E-state index contributed by atoms with van der Waals surface area (Å²) >= 11 is 6.25. The Morgan fingerprint density at radius 1 is 1.17 bits per heavy atom. The van der Waals surface area contributed by atoms with Crippen LogP contribution in [0.3, 0.4) is 0 Å². The highest BCUT2D eigenvalue weighted by Crippen LogP contribution is 2.23. The van der Waals surface area contributed by atoms with E-state index >= 15 is 0 Å². The highest BCUT2D eigenvalue weighted by Gasteiger charge is 2.05. The van der Waals surface area contributed by atoms with Crippen molar-refractivity contribution in [3.63, 3.8) is 0 Å². The third-order valence-electron chi connectivity index (χ3n) is 2.99. The molecule has 0 aliphatic heterocycles. The monoisotopic (exact) mass is 269 g/mol. The highest BCUT2D eigenvalue weighted by atomic mass is 35.5. The lowest BCUT2D eigenvalue weighted by atomic mass is 10.1. The van der Waals surface area contributed by atoms with Crippen LogP contribution in [0.25, 0.3) is 0 Å². The van der Waals surface area contributed by atoms with Crippen LogP contribution in [0.4, 0.5) is 5.69 Å². The van der Waals surface area contributed by atoms with Crippen molar-refractivity contribution in [3.8, 4) is 0 Å². The van der Waals surface area contributed by atoms with E-state index in [0.717, 1.165) is 36.5 Å². The fraction of sp³-hybridized carbons (Fsp3) is 0.571. The molecule has 102 valence electrons. The minimum absolute atomic E-state index is 0.637. The molecule has 0 radical (unpaired) electrons. The molecule has 0 aliphatic rings. The summed E-state index contributed by atoms with van der Waals surface area (Å²) in [5, 5.41) is 0.817. The van der Waals surface area contributed by atoms with Gasteiger partial charge in [0.15, 0.2) is 0 Å². The van der Waals surface area contributed by atoms with Gasteiger partial charge in [-0.05, 0) is 57.7 Å². The van der Waals surface area contributed by atoms with Crippen molar-refractivity contribution >= 4 is 17.3 Å². The van der Waals surface area contributed by atoms with Gasteiger partial charge < -0.3 is 15.5 Å². The van der Waals surface area contributed by atoms with Crippen LogP contribution in [0.5, 0.6) is 0 Å². The van der Waals surface area contributed by atoms with E-state index in [1.54, 1.807) is 0 Å². The van der Waals surface area contributed by atoms with E-state index < -0.39 is 0 Å². The molecule has 0 fully saturated rings. The van der Waals surface area contributed by atoms with Gasteiger partial charge in [-0.1, -0.05) is 17.7 Å². The second-order valence-corrected chi connectivity index (χ2v) is 5.30. The second kappa shape index (κ2) is 7.62. The number of hydrogen-bond acceptors (Lipinski definition) is 3. The first-order chi connectivity index (χ1) is 8.54. The number of nitrogens with zero attached hydrogens (tertiary/aromatic N) is 2. The molecule has 18 heavy (non-hydrogen) atoms. The van der Waals surface area contributed by atoms with E-state index in [2.05, 4.69) is 43.1 Å². The standard InChI is InChI=1S/C14H24ClN3/c1-17(2)9-4-10-18(3)13-6-5-12(7-8-16)14(15)11-13/h5-6,11H,4,7-10,16H2,1-3H3. The van der Waals surface area contributed by atoms with Crippen molar-refractivity contribution in [2.45, 2.75) is 12.8 Å². The fourth-order valence-electron chi connectivity index (χ4n) is 1.89. The Kier molecular flexibility index (Phi) is 6.47. The first kappa shape index (κ1) is 15.3. The number of halogens is 1. The van der Waals surface area contributed by atoms with Gasteiger partial charge in [-0.2, -0.15) is 0 Å². The van der Waals surface area contributed by atoms with E-state index in [-0.39, 0.29) is 0 Å². The van der Waals surface area contributed by atoms with Crippen molar-refractivity contribution in [3.05, 3.63) is 28.8 Å². The summed E-state index contributed by atoms with van der Waals surface area (Å²) < 4.78 is 0. The van der Waals surface area contributed by atoms with Gasteiger partial charge in [0.25, 0.3) is 0 Å². The zero-order valence-electron chi connectivity index (χ0n) is 11.6. The molecular formula is C14H24ClN3. The van der Waals surface area contributed by atoms with Crippen LogP contribution in [0, 0.1) is 0 Å². The fourth-order valence-corrected chi connectivity index (χ4v) is 2.15. The van der Waals surface area contributed by atoms with Gasteiger partial charge in [0, 0.05) is 24.3 Å². The summed E-state index contributed by atoms with van der Waals surface area (Å²) in [5.74, 6) is 0. The molecule has 0 saturated heterocycles. The van der Waals surface area contributed by atoms with Gasteiger partial charge in [-0.25, -0.2) is 0 Å². The molecule has 0 aliphatic carbocycles. The van der Waals surface area contributed by atoms with Crippen molar-refractivity contribution < 1.29 is 0 Å². The van der Waals surface area contributed by atoms with Crippen LogP contribution in [0.1, 0.15) is 12.0 Å². The zero-order valence-corrected chi connectivity index (χ0v) is 12.4. The quantitative estimate of drug-likeness (QED) is 0.824. The summed E-state index contributed by atoms with van der Waals surface area (Å²) in [6, 6.07) is 6.22. The van der Waals surface area contributed by atoms with Gasteiger partial charge in [0.2, 0.25) is 0 Å². The minimum Gasteiger partial charge on any atom is -0.375 e. The van der Waals surface area contributed by atoms with E-state index in [4.69, 9.17) is 17.3 Å². The number of hydrogen-bond donors (Lipinski definition) is 1. The van der Waals surface area contributed by atoms with Crippen molar-refractivity contribution in [2.24, 2.45) is 5.73 Å². The molecule has 0 amide bonds. The maximum atomic E-state index is 6.25. The average Bonchev–Trinajstić information content (AvgIpc) is 2.31. The smallest absolute Gasteiger partial charge is 0.0459 e. The molecule has 1 aromatic rings. The number of benzene rings is 1. The number of anilines is 1. The molecule has 0 atom stereocenters. The van der Waals surface area contributed by atoms with Crippen LogP contribution in [-0.4, -0.2) is 45.7 Å². The molecule has 0 aromatic heterocycles. The summed E-state index contributed by atoms with van der Waals surface area (Å²) in [7, 11) is 6.29. The van der Waals surface area contributed by atoms with Crippen molar-refractivity contribution in [1.29, 1.82) is 0 Å². The van der Waals surface area contributed by atoms with Crippen LogP contribution in [0.15, 0.2) is 18.2 Å². The summed E-state index contributed by atoms with van der Waals surface area (Å²) in [5.41, 5.74) is 7.84. The lowest BCUT2D eigenvalue weighted by Crippen LogP contribution is -2.23. The molecule has 2 N–H and O–H groups in total. The molecule has 3 nitrogen and oxygen atoms in total. The zero-order chi connectivity index (χ0) is 13.5. The molecule has 0 bridgehead atoms. The molecule has 1 aromatic carbocycles. The molecule has 0 unspecified atom stereocenters. The van der Waals surface area contributed by atoms with Gasteiger partial charge in [0.05, 0.1) is 0 Å². The van der Waals surface area contributed by atoms with E-state index in [1.807, 2.05) is 6.07 Å². The van der Waals surface area contributed by atoms with Gasteiger partial charge in [-0.3, -0.25) is 0 Å². The third kappa shape index (κ3) is 4.84. The molecule has 1 rings (SSSR count). The predicted molar refractivity (Wildman–Crippen MR) is 80.7 cm³/mol. The molecule has 4 heteroatoms. The normalized spacial score (nSPS) is 11.0. The molecule has 0 saturated carbocycles. The van der Waals surface area contributed by atoms with E-state index in [1.165, 1.54) is 5.69 Å². The topological polar surface area (TPSA) is 32.5 Å². The Labute approximate surface area is 116 Å². The largest absolute Gasteiger partial charge is 0.375 e. The van der Waals surface area contributed by atoms with Gasteiger partial charge in [-0.15, -0.1) is 0 Å². The van der Waals surface area contributed by atoms with Crippen LogP contribution < -0.4 is 10.6 Å². The Bertz CT molecular complexity index is 366. The number of rotatable bonds is 7. The van der Waals surface area contributed by atoms with Crippen LogP contribution >= 0.6 is 11.6 Å². The predicted octanol–water partition coefficient (Wildman–Crippen LogP) is 2.23. The second-order valence-electron chi connectivity index (χ2n) is 4.89. The Hall–Kier alpha value is -0.770. The van der Waals surface area contributed by atoms with Gasteiger partial charge >= 0.3 is 0 Å². The highest BCUT2D eigenvalue weighted by molar-refractivity contribution is 6.31. The Morgan fingerprint density at radius 2 is 1.89 bits per heavy atom. The van der Waals surface area contributed by atoms with Crippen LogP contribution in [0.2, 0.25) is 5.02 Å². The van der Waals surface area contributed by atoms with Crippen LogP contribution in [-0.2, 0) is 6.42 Å². The maximum absolute atomic E-state index is 6.25. The summed E-state index contributed by atoms with van der Waals surface area (Å²) in [6.45, 7) is 2.77. The Balaban J connectivity index is 2.57. The van der Waals surface area contributed by atoms with E-state index in [0.29, 0.717) is 6.54 Å². The lowest BCUT2D eigenvalue weighted by Gasteiger charge is -2.21. The lowest BCUT2D eigenvalue weighted by molar-refractivity contribution is 0.401. The first-order valence-corrected chi connectivity index (χ1v) is 6.76. The van der Waals surface area contributed by atoms with E-state index in [9.17, 15) is 0 Å². The summed E-state index contributed by atoms with van der Waals surface area (Å²) in [6.07, 6.45) is 1.98. The first-order valence-electron chi connectivity index (χ1n) is 6.39. The molecule has 0 spiro atoms. The van der Waals surface area contributed by atoms with Gasteiger partial charge in [0.1, 0.15) is 0 Å².